The maximum absolute atomic E-state index is 12.4. The van der Waals surface area contributed by atoms with Crippen LogP contribution in [0.5, 0.6) is 0 Å². The summed E-state index contributed by atoms with van der Waals surface area (Å²) >= 11 is 0. The van der Waals surface area contributed by atoms with Crippen molar-refractivity contribution < 1.29 is 14.3 Å². The molecule has 0 radical (unpaired) electrons. The van der Waals surface area contributed by atoms with Gasteiger partial charge in [0, 0.05) is 30.6 Å². The molecule has 22 heavy (non-hydrogen) atoms. The van der Waals surface area contributed by atoms with E-state index in [2.05, 4.69) is 13.8 Å². The molecule has 8 atom stereocenters. The van der Waals surface area contributed by atoms with E-state index in [-0.39, 0.29) is 10.8 Å². The predicted octanol–water partition coefficient (Wildman–Crippen LogP) is 3.15. The molecule has 5 aliphatic rings. The summed E-state index contributed by atoms with van der Waals surface area (Å²) in [4.78, 5) is 24.4. The van der Waals surface area contributed by atoms with Gasteiger partial charge in [0.05, 0.1) is 12.2 Å². The third kappa shape index (κ3) is 1.47. The highest BCUT2D eigenvalue weighted by Gasteiger charge is 2.70. The number of fused-ring (bicyclic) bond motifs is 8. The molecule has 1 saturated heterocycles. The number of hydrogen-bond acceptors (Lipinski definition) is 3. The Balaban J connectivity index is 1.54. The third-order valence-corrected chi connectivity index (χ3v) is 8.46. The second kappa shape index (κ2) is 4.03. The van der Waals surface area contributed by atoms with Crippen molar-refractivity contribution in [3.8, 4) is 0 Å². The lowest BCUT2D eigenvalue weighted by atomic mass is 9.45. The van der Waals surface area contributed by atoms with Crippen LogP contribution in [0.3, 0.4) is 0 Å². The van der Waals surface area contributed by atoms with Crippen LogP contribution in [0.25, 0.3) is 0 Å². The van der Waals surface area contributed by atoms with Crippen molar-refractivity contribution in [2.24, 2.45) is 34.5 Å². The number of ketones is 2. The topological polar surface area (TPSA) is 46.7 Å². The van der Waals surface area contributed by atoms with Crippen LogP contribution in [0.4, 0.5) is 0 Å². The van der Waals surface area contributed by atoms with E-state index in [1.54, 1.807) is 0 Å². The maximum Gasteiger partial charge on any atom is 0.139 e. The number of epoxide rings is 1. The first-order chi connectivity index (χ1) is 10.4. The van der Waals surface area contributed by atoms with Gasteiger partial charge in [0.2, 0.25) is 0 Å². The van der Waals surface area contributed by atoms with Gasteiger partial charge in [0.1, 0.15) is 11.6 Å². The largest absolute Gasteiger partial charge is 0.369 e. The Kier molecular flexibility index (Phi) is 2.51. The summed E-state index contributed by atoms with van der Waals surface area (Å²) in [6, 6.07) is 0. The molecular formula is C19H26O3. The van der Waals surface area contributed by atoms with Crippen LogP contribution in [0.2, 0.25) is 0 Å². The van der Waals surface area contributed by atoms with Gasteiger partial charge in [0.25, 0.3) is 0 Å². The normalized spacial score (nSPS) is 59.4. The van der Waals surface area contributed by atoms with Crippen molar-refractivity contribution >= 4 is 11.6 Å². The highest BCUT2D eigenvalue weighted by atomic mass is 16.6. The van der Waals surface area contributed by atoms with E-state index < -0.39 is 0 Å². The predicted molar refractivity (Wildman–Crippen MR) is 81.2 cm³/mol. The smallest absolute Gasteiger partial charge is 0.139 e. The zero-order valence-corrected chi connectivity index (χ0v) is 13.6. The Morgan fingerprint density at radius 1 is 0.955 bits per heavy atom. The summed E-state index contributed by atoms with van der Waals surface area (Å²) in [5.74, 6) is 3.15. The first-order valence-corrected chi connectivity index (χ1v) is 9.15. The molecule has 5 fully saturated rings. The summed E-state index contributed by atoms with van der Waals surface area (Å²) in [5, 5.41) is 0. The minimum atomic E-state index is -0.0780. The van der Waals surface area contributed by atoms with E-state index in [9.17, 15) is 9.59 Å². The average molecular weight is 302 g/mol. The Morgan fingerprint density at radius 3 is 2.59 bits per heavy atom. The fraction of sp³-hybridized carbons (Fsp3) is 0.895. The van der Waals surface area contributed by atoms with Gasteiger partial charge >= 0.3 is 0 Å². The number of hydrogen-bond donors (Lipinski definition) is 0. The molecule has 0 bridgehead atoms. The summed E-state index contributed by atoms with van der Waals surface area (Å²) in [6.45, 7) is 4.65. The summed E-state index contributed by atoms with van der Waals surface area (Å²) in [6.07, 6.45) is 7.28. The van der Waals surface area contributed by atoms with Crippen molar-refractivity contribution in [3.63, 3.8) is 0 Å². The first kappa shape index (κ1) is 13.7. The van der Waals surface area contributed by atoms with Gasteiger partial charge in [-0.15, -0.1) is 0 Å². The SMILES string of the molecule is C[C@]12CCC3C(C1CCC2=O)[C@@H]1O[C@@H]1[C@H]1CC(=O)CC[C@]31C. The van der Waals surface area contributed by atoms with Gasteiger partial charge in [-0.2, -0.15) is 0 Å². The van der Waals surface area contributed by atoms with Crippen molar-refractivity contribution in [3.05, 3.63) is 0 Å². The lowest BCUT2D eigenvalue weighted by molar-refractivity contribution is -0.140. The van der Waals surface area contributed by atoms with E-state index in [0.29, 0.717) is 47.4 Å². The fourth-order valence-electron chi connectivity index (χ4n) is 7.09. The molecule has 4 aliphatic carbocycles. The van der Waals surface area contributed by atoms with E-state index in [4.69, 9.17) is 4.74 Å². The zero-order chi connectivity index (χ0) is 15.3. The van der Waals surface area contributed by atoms with E-state index >= 15 is 0 Å². The van der Waals surface area contributed by atoms with Crippen LogP contribution in [0.1, 0.15) is 58.8 Å². The minimum absolute atomic E-state index is 0.0780. The molecule has 0 N–H and O–H groups in total. The van der Waals surface area contributed by atoms with E-state index in [1.165, 1.54) is 0 Å². The van der Waals surface area contributed by atoms with Gasteiger partial charge in [0.15, 0.2) is 0 Å². The van der Waals surface area contributed by atoms with Crippen LogP contribution < -0.4 is 0 Å². The second-order valence-corrected chi connectivity index (χ2v) is 9.13. The van der Waals surface area contributed by atoms with Crippen LogP contribution in [0, 0.1) is 34.5 Å². The average Bonchev–Trinajstić information content (AvgIpc) is 3.22. The Morgan fingerprint density at radius 2 is 1.77 bits per heavy atom. The van der Waals surface area contributed by atoms with Crippen molar-refractivity contribution in [1.29, 1.82) is 0 Å². The summed E-state index contributed by atoms with van der Waals surface area (Å²) in [7, 11) is 0. The van der Waals surface area contributed by atoms with Crippen molar-refractivity contribution in [2.45, 2.75) is 71.0 Å². The maximum atomic E-state index is 12.4. The molecule has 1 heterocycles. The Bertz CT molecular complexity index is 569. The molecule has 5 rings (SSSR count). The molecule has 3 heteroatoms. The van der Waals surface area contributed by atoms with Gasteiger partial charge in [-0.1, -0.05) is 13.8 Å². The molecule has 0 aromatic rings. The molecule has 0 amide bonds. The van der Waals surface area contributed by atoms with E-state index in [0.717, 1.165) is 44.9 Å². The molecule has 4 saturated carbocycles. The molecule has 3 nitrogen and oxygen atoms in total. The number of Topliss-reactive ketones (excluding diaryl/α,β-unsaturated/α-hetero) is 2. The lowest BCUT2D eigenvalue weighted by Crippen LogP contribution is -2.56. The van der Waals surface area contributed by atoms with Crippen LogP contribution in [-0.2, 0) is 14.3 Å². The van der Waals surface area contributed by atoms with Gasteiger partial charge in [-0.3, -0.25) is 9.59 Å². The van der Waals surface area contributed by atoms with Gasteiger partial charge in [-0.05, 0) is 48.9 Å². The summed E-state index contributed by atoms with van der Waals surface area (Å²) < 4.78 is 6.16. The highest BCUT2D eigenvalue weighted by molar-refractivity contribution is 5.87. The molecule has 0 aromatic heterocycles. The van der Waals surface area contributed by atoms with Crippen LogP contribution in [0.15, 0.2) is 0 Å². The second-order valence-electron chi connectivity index (χ2n) is 9.13. The van der Waals surface area contributed by atoms with Crippen LogP contribution in [-0.4, -0.2) is 23.8 Å². The number of carbonyl (C=O) groups is 2. The van der Waals surface area contributed by atoms with Crippen molar-refractivity contribution in [2.75, 3.05) is 0 Å². The number of carbonyl (C=O) groups excluding carboxylic acids is 2. The van der Waals surface area contributed by atoms with Gasteiger partial charge < -0.3 is 4.74 Å². The van der Waals surface area contributed by atoms with Crippen LogP contribution >= 0.6 is 0 Å². The number of rotatable bonds is 0. The quantitative estimate of drug-likeness (QED) is 0.646. The fourth-order valence-corrected chi connectivity index (χ4v) is 7.09. The standard InChI is InChI=1S/C19H26O3/c1-18-7-5-10(20)9-13(18)16-17(22-16)15-11-3-4-14(21)19(11,2)8-6-12(15)18/h11-13,15-17H,3-9H2,1-2H3/t11?,12?,13-,15?,16-,17+,18-,19+/m1/s1. The molecule has 3 unspecified atom stereocenters. The Hall–Kier alpha value is -0.700. The Labute approximate surface area is 132 Å². The van der Waals surface area contributed by atoms with Gasteiger partial charge in [-0.25, -0.2) is 0 Å². The molecule has 1 aliphatic heterocycles. The zero-order valence-electron chi connectivity index (χ0n) is 13.6. The molecule has 0 aromatic carbocycles. The first-order valence-electron chi connectivity index (χ1n) is 9.15. The highest BCUT2D eigenvalue weighted by Crippen LogP contribution is 2.69. The minimum Gasteiger partial charge on any atom is -0.369 e. The molecular weight excluding hydrogens is 276 g/mol. The summed E-state index contributed by atoms with van der Waals surface area (Å²) in [5.41, 5.74) is 0.189. The lowest BCUT2D eigenvalue weighted by Gasteiger charge is -2.57. The number of ether oxygens (including phenoxy) is 1. The monoisotopic (exact) mass is 302 g/mol. The molecule has 120 valence electrons. The third-order valence-electron chi connectivity index (χ3n) is 8.46. The van der Waals surface area contributed by atoms with Crippen molar-refractivity contribution in [1.82, 2.24) is 0 Å². The molecule has 0 spiro atoms. The van der Waals surface area contributed by atoms with E-state index in [1.807, 2.05) is 0 Å².